The van der Waals surface area contributed by atoms with E-state index in [0.29, 0.717) is 10.7 Å². The Kier molecular flexibility index (Phi) is 2.83. The summed E-state index contributed by atoms with van der Waals surface area (Å²) < 4.78 is 0. The van der Waals surface area contributed by atoms with Crippen molar-refractivity contribution in [3.8, 4) is 11.3 Å². The first-order valence-corrected chi connectivity index (χ1v) is 4.86. The van der Waals surface area contributed by atoms with Crippen LogP contribution in [0.5, 0.6) is 0 Å². The van der Waals surface area contributed by atoms with Crippen LogP contribution in [0.25, 0.3) is 11.3 Å². The van der Waals surface area contributed by atoms with Crippen LogP contribution in [0.4, 0.5) is 0 Å². The topological polar surface area (TPSA) is 63.1 Å². The van der Waals surface area contributed by atoms with Gasteiger partial charge in [0.25, 0.3) is 0 Å². The molecule has 5 heteroatoms. The second-order valence-electron chi connectivity index (χ2n) is 3.10. The van der Waals surface area contributed by atoms with Crippen LogP contribution in [0.15, 0.2) is 36.7 Å². The number of hydrogen-bond donors (Lipinski definition) is 1. The Balaban J connectivity index is 2.44. The van der Waals surface area contributed by atoms with E-state index in [1.807, 2.05) is 0 Å². The molecule has 0 amide bonds. The number of aromatic nitrogens is 2. The minimum absolute atomic E-state index is 0.0764. The maximum Gasteiger partial charge on any atom is 0.356 e. The molecule has 2 aromatic rings. The number of benzene rings is 1. The SMILES string of the molecule is O=C(O)c1cncc(-c2ccc(Cl)cc2)n1. The molecule has 0 bridgehead atoms. The Morgan fingerprint density at radius 2 is 1.88 bits per heavy atom. The maximum atomic E-state index is 10.7. The van der Waals surface area contributed by atoms with Gasteiger partial charge < -0.3 is 5.11 Å². The fraction of sp³-hybridized carbons (Fsp3) is 0. The minimum atomic E-state index is -1.09. The lowest BCUT2D eigenvalue weighted by Gasteiger charge is -2.01. The van der Waals surface area contributed by atoms with Crippen molar-refractivity contribution >= 4 is 17.6 Å². The van der Waals surface area contributed by atoms with Crippen molar-refractivity contribution in [2.75, 3.05) is 0 Å². The number of rotatable bonds is 2. The van der Waals surface area contributed by atoms with Gasteiger partial charge in [-0.05, 0) is 12.1 Å². The third-order valence-electron chi connectivity index (χ3n) is 1.99. The Morgan fingerprint density at radius 3 is 2.50 bits per heavy atom. The van der Waals surface area contributed by atoms with Gasteiger partial charge in [-0.3, -0.25) is 4.98 Å². The second kappa shape index (κ2) is 4.28. The molecule has 1 N–H and O–H groups in total. The van der Waals surface area contributed by atoms with E-state index in [-0.39, 0.29) is 5.69 Å². The van der Waals surface area contributed by atoms with Crippen molar-refractivity contribution in [2.45, 2.75) is 0 Å². The third kappa shape index (κ3) is 2.17. The molecule has 80 valence electrons. The molecule has 0 saturated heterocycles. The van der Waals surface area contributed by atoms with Gasteiger partial charge in [0, 0.05) is 10.6 Å². The fourth-order valence-electron chi connectivity index (χ4n) is 1.23. The molecule has 1 heterocycles. The van der Waals surface area contributed by atoms with Crippen molar-refractivity contribution in [3.63, 3.8) is 0 Å². The highest BCUT2D eigenvalue weighted by molar-refractivity contribution is 6.30. The van der Waals surface area contributed by atoms with Gasteiger partial charge in [-0.2, -0.15) is 0 Å². The van der Waals surface area contributed by atoms with Crippen molar-refractivity contribution in [2.24, 2.45) is 0 Å². The summed E-state index contributed by atoms with van der Waals surface area (Å²) in [6.45, 7) is 0. The summed E-state index contributed by atoms with van der Waals surface area (Å²) in [5, 5.41) is 9.39. The fourth-order valence-corrected chi connectivity index (χ4v) is 1.35. The first-order valence-electron chi connectivity index (χ1n) is 4.48. The van der Waals surface area contributed by atoms with Gasteiger partial charge in [0.2, 0.25) is 0 Å². The minimum Gasteiger partial charge on any atom is -0.476 e. The Hall–Kier alpha value is -1.94. The summed E-state index contributed by atoms with van der Waals surface area (Å²) in [4.78, 5) is 18.5. The first kappa shape index (κ1) is 10.6. The second-order valence-corrected chi connectivity index (χ2v) is 3.54. The van der Waals surface area contributed by atoms with Crippen LogP contribution in [0.1, 0.15) is 10.5 Å². The molecule has 1 aromatic heterocycles. The Bertz CT molecular complexity index is 526. The highest BCUT2D eigenvalue weighted by Crippen LogP contribution is 2.18. The van der Waals surface area contributed by atoms with E-state index in [1.165, 1.54) is 12.4 Å². The van der Waals surface area contributed by atoms with Crippen LogP contribution >= 0.6 is 11.6 Å². The van der Waals surface area contributed by atoms with Crippen LogP contribution in [0.2, 0.25) is 5.02 Å². The number of carboxylic acid groups (broad SMARTS) is 1. The highest BCUT2D eigenvalue weighted by atomic mass is 35.5. The van der Waals surface area contributed by atoms with E-state index in [9.17, 15) is 4.79 Å². The van der Waals surface area contributed by atoms with Gasteiger partial charge in [0.1, 0.15) is 0 Å². The monoisotopic (exact) mass is 234 g/mol. The zero-order valence-electron chi connectivity index (χ0n) is 8.09. The average Bonchev–Trinajstić information content (AvgIpc) is 2.30. The van der Waals surface area contributed by atoms with Crippen molar-refractivity contribution in [3.05, 3.63) is 47.4 Å². The standard InChI is InChI=1S/C11H7ClN2O2/c12-8-3-1-7(2-4-8)9-5-13-6-10(14-9)11(15)16/h1-6H,(H,15,16). The zero-order valence-corrected chi connectivity index (χ0v) is 8.85. The molecule has 0 fully saturated rings. The summed E-state index contributed by atoms with van der Waals surface area (Å²) in [6, 6.07) is 6.95. The van der Waals surface area contributed by atoms with Crippen LogP contribution in [-0.2, 0) is 0 Å². The summed E-state index contributed by atoms with van der Waals surface area (Å²) in [7, 11) is 0. The van der Waals surface area contributed by atoms with Crippen molar-refractivity contribution in [1.29, 1.82) is 0 Å². The summed E-state index contributed by atoms with van der Waals surface area (Å²) in [6.07, 6.45) is 2.72. The van der Waals surface area contributed by atoms with Gasteiger partial charge in [-0.25, -0.2) is 9.78 Å². The summed E-state index contributed by atoms with van der Waals surface area (Å²) in [5.74, 6) is -1.09. The molecular formula is C11H7ClN2O2. The molecule has 0 atom stereocenters. The van der Waals surface area contributed by atoms with Crippen molar-refractivity contribution in [1.82, 2.24) is 9.97 Å². The molecule has 4 nitrogen and oxygen atoms in total. The number of carbonyl (C=O) groups is 1. The van der Waals surface area contributed by atoms with Gasteiger partial charge in [-0.15, -0.1) is 0 Å². The molecule has 0 unspecified atom stereocenters. The highest BCUT2D eigenvalue weighted by Gasteiger charge is 2.07. The van der Waals surface area contributed by atoms with Gasteiger partial charge in [0.05, 0.1) is 18.1 Å². The lowest BCUT2D eigenvalue weighted by atomic mass is 10.1. The van der Waals surface area contributed by atoms with E-state index in [2.05, 4.69) is 9.97 Å². The molecule has 0 spiro atoms. The van der Waals surface area contributed by atoms with E-state index in [4.69, 9.17) is 16.7 Å². The summed E-state index contributed by atoms with van der Waals surface area (Å²) in [5.41, 5.74) is 1.21. The number of carboxylic acids is 1. The van der Waals surface area contributed by atoms with E-state index >= 15 is 0 Å². The van der Waals surface area contributed by atoms with E-state index in [1.54, 1.807) is 24.3 Å². The Morgan fingerprint density at radius 1 is 1.19 bits per heavy atom. The molecule has 0 aliphatic carbocycles. The lowest BCUT2D eigenvalue weighted by Crippen LogP contribution is -2.01. The molecular weight excluding hydrogens is 228 g/mol. The maximum absolute atomic E-state index is 10.7. The van der Waals surface area contributed by atoms with Gasteiger partial charge in [0.15, 0.2) is 5.69 Å². The van der Waals surface area contributed by atoms with E-state index < -0.39 is 5.97 Å². The average molecular weight is 235 g/mol. The third-order valence-corrected chi connectivity index (χ3v) is 2.25. The van der Waals surface area contributed by atoms with Gasteiger partial charge >= 0.3 is 5.97 Å². The first-order chi connectivity index (χ1) is 7.66. The number of nitrogens with zero attached hydrogens (tertiary/aromatic N) is 2. The zero-order chi connectivity index (χ0) is 11.5. The predicted octanol–water partition coefficient (Wildman–Crippen LogP) is 2.50. The normalized spacial score (nSPS) is 10.1. The smallest absolute Gasteiger partial charge is 0.356 e. The largest absolute Gasteiger partial charge is 0.476 e. The molecule has 0 aliphatic heterocycles. The molecule has 0 saturated carbocycles. The molecule has 16 heavy (non-hydrogen) atoms. The Labute approximate surface area is 96.6 Å². The van der Waals surface area contributed by atoms with Crippen LogP contribution in [0.3, 0.4) is 0 Å². The predicted molar refractivity (Wildman–Crippen MR) is 59.4 cm³/mol. The molecule has 1 aromatic carbocycles. The van der Waals surface area contributed by atoms with Crippen molar-refractivity contribution < 1.29 is 9.90 Å². The number of aromatic carboxylic acids is 1. The molecule has 0 aliphatic rings. The summed E-state index contributed by atoms with van der Waals surface area (Å²) >= 11 is 5.75. The number of halogens is 1. The molecule has 2 rings (SSSR count). The van der Waals surface area contributed by atoms with Crippen LogP contribution in [0, 0.1) is 0 Å². The quantitative estimate of drug-likeness (QED) is 0.867. The van der Waals surface area contributed by atoms with E-state index in [0.717, 1.165) is 5.56 Å². The lowest BCUT2D eigenvalue weighted by molar-refractivity contribution is 0.0690. The number of hydrogen-bond acceptors (Lipinski definition) is 3. The van der Waals surface area contributed by atoms with Crippen LogP contribution in [-0.4, -0.2) is 21.0 Å². The van der Waals surface area contributed by atoms with Gasteiger partial charge in [-0.1, -0.05) is 23.7 Å². The van der Waals surface area contributed by atoms with Crippen LogP contribution < -0.4 is 0 Å². The molecule has 0 radical (unpaired) electrons.